The molecule has 12 nitrogen and oxygen atoms in total. The molecule has 86 valence electrons. The zero-order valence-corrected chi connectivity index (χ0v) is 7.73. The van der Waals surface area contributed by atoms with Crippen LogP contribution in [0.5, 0.6) is 0 Å². The maximum Gasteiger partial charge on any atom is 0.0617 e. The summed E-state index contributed by atoms with van der Waals surface area (Å²) in [6, 6.07) is 0. The second kappa shape index (κ2) is 6.90. The predicted molar refractivity (Wildman–Crippen MR) is 40.3 cm³/mol. The maximum absolute atomic E-state index is 5.06. The van der Waals surface area contributed by atoms with Crippen LogP contribution in [0, 0.1) is 0 Å². The first kappa shape index (κ1) is 13.5. The lowest BCUT2D eigenvalue weighted by atomic mass is 11.5. The molecule has 0 fully saturated rings. The van der Waals surface area contributed by atoms with Crippen LogP contribution in [0.4, 0.5) is 0 Å². The summed E-state index contributed by atoms with van der Waals surface area (Å²) in [4.78, 5) is 17.5. The standard InChI is InChI=1S/C2H14N8O4/c1-7(3)12-9(5)14-10(6)13-8(4)11-2/h3-6H2,1-2H3. The van der Waals surface area contributed by atoms with E-state index in [0.29, 0.717) is 10.7 Å². The van der Waals surface area contributed by atoms with E-state index in [-0.39, 0.29) is 5.34 Å². The summed E-state index contributed by atoms with van der Waals surface area (Å²) in [5, 5.41) is 1.72. The van der Waals surface area contributed by atoms with Gasteiger partial charge in [0.05, 0.1) is 12.4 Å². The molecule has 0 atom stereocenters. The Balaban J connectivity index is 3.65. The summed E-state index contributed by atoms with van der Waals surface area (Å²) >= 11 is 0. The predicted octanol–water partition coefficient (Wildman–Crippen LogP) is -3.58. The number of hydrogen-bond donors (Lipinski definition) is 4. The van der Waals surface area contributed by atoms with Gasteiger partial charge in [0.1, 0.15) is 0 Å². The fraction of sp³-hybridized carbons (Fsp3) is 1.00. The van der Waals surface area contributed by atoms with Crippen molar-refractivity contribution in [3.05, 3.63) is 0 Å². The normalized spacial score (nSPS) is 12.4. The number of hydroxylamine groups is 1. The largest absolute Gasteiger partial charge is 0.262 e. The molecule has 0 unspecified atom stereocenters. The van der Waals surface area contributed by atoms with Gasteiger partial charge in [-0.05, 0) is 0 Å². The quantitative estimate of drug-likeness (QED) is 0.244. The van der Waals surface area contributed by atoms with Gasteiger partial charge in [0, 0.05) is 17.7 Å². The minimum Gasteiger partial charge on any atom is -0.262 e. The Morgan fingerprint density at radius 1 is 0.786 bits per heavy atom. The number of nitrogens with two attached hydrogens (primary N) is 4. The van der Waals surface area contributed by atoms with Gasteiger partial charge in [0.2, 0.25) is 0 Å². The molecule has 0 aliphatic carbocycles. The molecule has 0 saturated carbocycles. The molecule has 0 aliphatic rings. The van der Waals surface area contributed by atoms with Crippen molar-refractivity contribution < 1.29 is 19.7 Å². The number of rotatable bonds is 7. The van der Waals surface area contributed by atoms with E-state index in [1.165, 1.54) is 14.2 Å². The Labute approximate surface area is 79.5 Å². The number of hydrogen-bond acceptors (Lipinski definition) is 12. The molecule has 0 amide bonds. The molecule has 0 aromatic carbocycles. The second-order valence-electron chi connectivity index (χ2n) is 1.83. The van der Waals surface area contributed by atoms with Gasteiger partial charge < -0.3 is 0 Å². The first-order valence-corrected chi connectivity index (χ1v) is 3.17. The second-order valence-corrected chi connectivity index (χ2v) is 1.83. The first-order chi connectivity index (χ1) is 6.45. The van der Waals surface area contributed by atoms with E-state index < -0.39 is 0 Å². The molecule has 0 bridgehead atoms. The van der Waals surface area contributed by atoms with E-state index in [1.807, 2.05) is 0 Å². The third-order valence-electron chi connectivity index (χ3n) is 0.711. The first-order valence-electron chi connectivity index (χ1n) is 3.17. The van der Waals surface area contributed by atoms with Gasteiger partial charge in [-0.15, -0.1) is 20.0 Å². The van der Waals surface area contributed by atoms with Crippen molar-refractivity contribution in [3.8, 4) is 0 Å². The highest BCUT2D eigenvalue weighted by Crippen LogP contribution is 1.90. The molecule has 8 N–H and O–H groups in total. The lowest BCUT2D eigenvalue weighted by Gasteiger charge is -2.22. The molecule has 0 heterocycles. The molecule has 14 heavy (non-hydrogen) atoms. The Bertz CT molecular complexity index is 145. The third-order valence-corrected chi connectivity index (χ3v) is 0.711. The van der Waals surface area contributed by atoms with Gasteiger partial charge >= 0.3 is 0 Å². The number of hydrazine groups is 4. The van der Waals surface area contributed by atoms with E-state index in [2.05, 4.69) is 19.7 Å². The SMILES string of the molecule is CON(N)ON(N)ON(N)ON(C)N. The van der Waals surface area contributed by atoms with Gasteiger partial charge in [0.25, 0.3) is 0 Å². The lowest BCUT2D eigenvalue weighted by Crippen LogP contribution is -2.50. The van der Waals surface area contributed by atoms with Crippen LogP contribution in [-0.2, 0) is 19.7 Å². The molecule has 0 aliphatic heterocycles. The van der Waals surface area contributed by atoms with Crippen molar-refractivity contribution in [2.24, 2.45) is 23.4 Å². The van der Waals surface area contributed by atoms with E-state index in [0.717, 1.165) is 5.17 Å². The topological polar surface area (TPSA) is 154 Å². The lowest BCUT2D eigenvalue weighted by molar-refractivity contribution is -0.619. The van der Waals surface area contributed by atoms with Gasteiger partial charge in [-0.25, -0.2) is 23.4 Å². The summed E-state index contributed by atoms with van der Waals surface area (Å²) in [6.07, 6.45) is 0. The maximum atomic E-state index is 5.06. The van der Waals surface area contributed by atoms with E-state index in [9.17, 15) is 0 Å². The highest BCUT2D eigenvalue weighted by Gasteiger charge is 2.11. The molecule has 0 rings (SSSR count). The molecule has 0 aromatic heterocycles. The summed E-state index contributed by atoms with van der Waals surface area (Å²) < 4.78 is 0. The minimum atomic E-state index is 0.257. The average Bonchev–Trinajstić information content (AvgIpc) is 2.01. The Kier molecular flexibility index (Phi) is 6.66. The smallest absolute Gasteiger partial charge is 0.0617 e. The van der Waals surface area contributed by atoms with Gasteiger partial charge in [-0.3, -0.25) is 4.84 Å². The van der Waals surface area contributed by atoms with E-state index in [4.69, 9.17) is 23.4 Å². The van der Waals surface area contributed by atoms with Crippen molar-refractivity contribution in [1.82, 2.24) is 21.2 Å². The number of nitrogens with zero attached hydrogens (tertiary/aromatic N) is 4. The molecular weight excluding hydrogens is 200 g/mol. The van der Waals surface area contributed by atoms with Crippen LogP contribution in [0.2, 0.25) is 0 Å². The average molecular weight is 214 g/mol. The molecular formula is C2H14N8O4. The summed E-state index contributed by atoms with van der Waals surface area (Å²) in [5.74, 6) is 20.2. The fourth-order valence-electron chi connectivity index (χ4n) is 0.349. The van der Waals surface area contributed by atoms with Crippen molar-refractivity contribution in [1.29, 1.82) is 0 Å². The summed E-state index contributed by atoms with van der Waals surface area (Å²) in [6.45, 7) is 0. The summed E-state index contributed by atoms with van der Waals surface area (Å²) in [7, 11) is 2.59. The zero-order chi connectivity index (χ0) is 11.1. The van der Waals surface area contributed by atoms with E-state index >= 15 is 0 Å². The highest BCUT2D eigenvalue weighted by atomic mass is 17.2. The van der Waals surface area contributed by atoms with Crippen LogP contribution in [0.1, 0.15) is 0 Å². The van der Waals surface area contributed by atoms with Crippen molar-refractivity contribution in [2.75, 3.05) is 14.2 Å². The van der Waals surface area contributed by atoms with Crippen molar-refractivity contribution in [2.45, 2.75) is 0 Å². The van der Waals surface area contributed by atoms with Crippen molar-refractivity contribution >= 4 is 0 Å². The van der Waals surface area contributed by atoms with Gasteiger partial charge in [0.15, 0.2) is 0 Å². The highest BCUT2D eigenvalue weighted by molar-refractivity contribution is 3.92. The Hall–Kier alpha value is -0.480. The Morgan fingerprint density at radius 2 is 1.21 bits per heavy atom. The van der Waals surface area contributed by atoms with Crippen LogP contribution in [-0.4, -0.2) is 35.3 Å². The monoisotopic (exact) mass is 214 g/mol. The molecule has 0 spiro atoms. The Morgan fingerprint density at radius 3 is 1.64 bits per heavy atom. The van der Waals surface area contributed by atoms with Gasteiger partial charge in [-0.1, -0.05) is 0 Å². The van der Waals surface area contributed by atoms with Crippen molar-refractivity contribution in [3.63, 3.8) is 0 Å². The molecule has 0 saturated heterocycles. The summed E-state index contributed by atoms with van der Waals surface area (Å²) in [5.41, 5.74) is 0. The fourth-order valence-corrected chi connectivity index (χ4v) is 0.349. The zero-order valence-electron chi connectivity index (χ0n) is 7.73. The molecule has 0 radical (unpaired) electrons. The third kappa shape index (κ3) is 6.97. The van der Waals surface area contributed by atoms with Crippen LogP contribution >= 0.6 is 0 Å². The molecule has 0 aromatic rings. The van der Waals surface area contributed by atoms with Crippen LogP contribution in [0.25, 0.3) is 0 Å². The van der Waals surface area contributed by atoms with Crippen LogP contribution in [0.3, 0.4) is 0 Å². The van der Waals surface area contributed by atoms with Crippen LogP contribution in [0.15, 0.2) is 0 Å². The minimum absolute atomic E-state index is 0.257. The van der Waals surface area contributed by atoms with Crippen LogP contribution < -0.4 is 23.4 Å². The molecule has 12 heteroatoms. The van der Waals surface area contributed by atoms with E-state index in [1.54, 1.807) is 0 Å². The van der Waals surface area contributed by atoms with Gasteiger partial charge in [-0.2, -0.15) is 0 Å².